The molecule has 0 unspecified atom stereocenters. The largest absolute Gasteiger partial charge is 1.00 e. The number of hydrogen-bond donors (Lipinski definition) is 2. The third-order valence-electron chi connectivity index (χ3n) is 5.66. The second-order valence-electron chi connectivity index (χ2n) is 7.78. The molecule has 0 aromatic heterocycles. The topological polar surface area (TPSA) is 35.2 Å². The zero-order valence-electron chi connectivity index (χ0n) is 18.2. The Morgan fingerprint density at radius 2 is 1.69 bits per heavy atom. The molecule has 2 rings (SSSR count). The predicted molar refractivity (Wildman–Crippen MR) is 111 cm³/mol. The number of benzene rings is 1. The van der Waals surface area contributed by atoms with Crippen LogP contribution in [0.4, 0.5) is 0 Å². The first-order valence-corrected chi connectivity index (χ1v) is 10.7. The Bertz CT molecular complexity index is 595. The number of quaternary nitrogens is 2. The lowest BCUT2D eigenvalue weighted by Crippen LogP contribution is -3.12. The number of likely N-dealkylation sites (N-methyl/N-ethyl adjacent to an activating group) is 1. The summed E-state index contributed by atoms with van der Waals surface area (Å²) in [6.45, 7) is 13.8. The Labute approximate surface area is 189 Å². The molecule has 0 spiro atoms. The van der Waals surface area contributed by atoms with Crippen LogP contribution in [0.25, 0.3) is 0 Å². The van der Waals surface area contributed by atoms with E-state index in [1.807, 2.05) is 12.1 Å². The van der Waals surface area contributed by atoms with Crippen LogP contribution in [0, 0.1) is 0 Å². The molecule has 0 radical (unpaired) electrons. The summed E-state index contributed by atoms with van der Waals surface area (Å²) in [5.74, 6) is -0.214. The molecule has 1 aromatic carbocycles. The lowest BCUT2D eigenvalue weighted by atomic mass is 10.0. The maximum Gasteiger partial charge on any atom is 0.338 e. The minimum absolute atomic E-state index is 0. The Morgan fingerprint density at radius 1 is 1.07 bits per heavy atom. The molecule has 166 valence electrons. The highest BCUT2D eigenvalue weighted by Crippen LogP contribution is 2.10. The molecule has 2 N–H and O–H groups in total. The number of piperidine rings is 1. The van der Waals surface area contributed by atoms with Crippen molar-refractivity contribution in [3.8, 4) is 0 Å². The SMILES string of the molecule is CC[NH+](CC)CCOC(=O)c1ccc(C/C(C)=C/C[NH+]2CCCCC2)cc1.[Cl-].[Cl-]. The summed E-state index contributed by atoms with van der Waals surface area (Å²) in [7, 11) is 0. The monoisotopic (exact) mass is 444 g/mol. The van der Waals surface area contributed by atoms with E-state index in [0.29, 0.717) is 12.2 Å². The molecular formula is C23H38Cl2N2O2. The Kier molecular flexibility index (Phi) is 15.1. The quantitative estimate of drug-likeness (QED) is 0.281. The van der Waals surface area contributed by atoms with Crippen LogP contribution in [0.2, 0.25) is 0 Å². The first-order valence-electron chi connectivity index (χ1n) is 10.7. The van der Waals surface area contributed by atoms with E-state index in [0.717, 1.165) is 32.6 Å². The zero-order chi connectivity index (χ0) is 19.5. The molecule has 4 nitrogen and oxygen atoms in total. The molecule has 1 aliphatic heterocycles. The second-order valence-corrected chi connectivity index (χ2v) is 7.78. The normalized spacial score (nSPS) is 14.8. The highest BCUT2D eigenvalue weighted by molar-refractivity contribution is 5.89. The molecule has 1 aromatic rings. The van der Waals surface area contributed by atoms with Gasteiger partial charge in [-0.3, -0.25) is 0 Å². The highest BCUT2D eigenvalue weighted by Gasteiger charge is 2.12. The summed E-state index contributed by atoms with van der Waals surface area (Å²) in [5, 5.41) is 0. The summed E-state index contributed by atoms with van der Waals surface area (Å²) >= 11 is 0. The van der Waals surface area contributed by atoms with Gasteiger partial charge in [-0.1, -0.05) is 17.7 Å². The molecule has 1 heterocycles. The van der Waals surface area contributed by atoms with Crippen LogP contribution in [0.1, 0.15) is 56.0 Å². The van der Waals surface area contributed by atoms with Gasteiger partial charge in [-0.25, -0.2) is 4.79 Å². The van der Waals surface area contributed by atoms with Gasteiger partial charge < -0.3 is 39.4 Å². The van der Waals surface area contributed by atoms with E-state index in [-0.39, 0.29) is 30.8 Å². The van der Waals surface area contributed by atoms with Crippen molar-refractivity contribution in [2.24, 2.45) is 0 Å². The van der Waals surface area contributed by atoms with Crippen molar-refractivity contribution in [2.75, 3.05) is 45.9 Å². The third kappa shape index (κ3) is 10.5. The second kappa shape index (κ2) is 15.7. The van der Waals surface area contributed by atoms with E-state index in [2.05, 4.69) is 39.0 Å². The predicted octanol–water partition coefficient (Wildman–Crippen LogP) is -4.67. The van der Waals surface area contributed by atoms with Gasteiger partial charge in [0.2, 0.25) is 0 Å². The molecule has 0 amide bonds. The number of halogens is 2. The van der Waals surface area contributed by atoms with Gasteiger partial charge in [-0.05, 0) is 70.2 Å². The highest BCUT2D eigenvalue weighted by atomic mass is 35.5. The number of carbonyl (C=O) groups is 1. The van der Waals surface area contributed by atoms with Gasteiger partial charge >= 0.3 is 5.97 Å². The Hall–Kier alpha value is -1.07. The van der Waals surface area contributed by atoms with E-state index in [9.17, 15) is 4.79 Å². The molecule has 0 bridgehead atoms. The number of carbonyl (C=O) groups excluding carboxylic acids is 1. The fourth-order valence-corrected chi connectivity index (χ4v) is 3.70. The first kappa shape index (κ1) is 27.9. The maximum atomic E-state index is 12.2. The first-order chi connectivity index (χ1) is 13.1. The average molecular weight is 445 g/mol. The molecule has 0 saturated carbocycles. The summed E-state index contributed by atoms with van der Waals surface area (Å²) in [6, 6.07) is 7.89. The Morgan fingerprint density at radius 3 is 2.28 bits per heavy atom. The van der Waals surface area contributed by atoms with Crippen molar-refractivity contribution >= 4 is 5.97 Å². The van der Waals surface area contributed by atoms with Gasteiger partial charge in [0.15, 0.2) is 0 Å². The number of rotatable bonds is 10. The van der Waals surface area contributed by atoms with Gasteiger partial charge in [0, 0.05) is 0 Å². The fourth-order valence-electron chi connectivity index (χ4n) is 3.70. The van der Waals surface area contributed by atoms with E-state index in [1.165, 1.54) is 48.4 Å². The molecule has 1 aliphatic rings. The van der Waals surface area contributed by atoms with Crippen molar-refractivity contribution < 1.29 is 44.1 Å². The molecule has 0 aliphatic carbocycles. The number of ether oxygens (including phenoxy) is 1. The summed E-state index contributed by atoms with van der Waals surface area (Å²) in [6.07, 6.45) is 7.48. The van der Waals surface area contributed by atoms with Crippen LogP contribution in [0.3, 0.4) is 0 Å². The van der Waals surface area contributed by atoms with Gasteiger partial charge in [-0.2, -0.15) is 0 Å². The number of nitrogens with one attached hydrogen (secondary N) is 2. The molecule has 1 saturated heterocycles. The van der Waals surface area contributed by atoms with Crippen molar-refractivity contribution in [1.82, 2.24) is 0 Å². The number of likely N-dealkylation sites (tertiary alicyclic amines) is 1. The van der Waals surface area contributed by atoms with Crippen LogP contribution in [0.5, 0.6) is 0 Å². The van der Waals surface area contributed by atoms with Crippen LogP contribution >= 0.6 is 0 Å². The summed E-state index contributed by atoms with van der Waals surface area (Å²) in [4.78, 5) is 15.3. The minimum Gasteiger partial charge on any atom is -1.00 e. The van der Waals surface area contributed by atoms with Gasteiger partial charge in [0.1, 0.15) is 13.2 Å². The van der Waals surface area contributed by atoms with E-state index >= 15 is 0 Å². The molecule has 0 atom stereocenters. The standard InChI is InChI=1S/C23H36N2O2.2ClH/c1-4-24(5-2)17-18-27-23(26)22-11-9-21(10-12-22)19-20(3)13-16-25-14-7-6-8-15-25;;/h9-13H,4-8,14-19H2,1-3H3;2*1H/b20-13+;;. The van der Waals surface area contributed by atoms with Crippen LogP contribution < -0.4 is 34.6 Å². The maximum absolute atomic E-state index is 12.2. The number of esters is 1. The smallest absolute Gasteiger partial charge is 0.338 e. The molecular weight excluding hydrogens is 407 g/mol. The van der Waals surface area contributed by atoms with Crippen LogP contribution in [0.15, 0.2) is 35.9 Å². The van der Waals surface area contributed by atoms with Gasteiger partial charge in [-0.15, -0.1) is 0 Å². The number of hydrogen-bond acceptors (Lipinski definition) is 2. The minimum atomic E-state index is -0.214. The van der Waals surface area contributed by atoms with Crippen molar-refractivity contribution in [1.29, 1.82) is 0 Å². The van der Waals surface area contributed by atoms with E-state index in [4.69, 9.17) is 4.74 Å². The lowest BCUT2D eigenvalue weighted by molar-refractivity contribution is -0.899. The molecule has 1 fully saturated rings. The fraction of sp³-hybridized carbons (Fsp3) is 0.609. The van der Waals surface area contributed by atoms with Crippen LogP contribution in [-0.4, -0.2) is 51.8 Å². The number of allylic oxidation sites excluding steroid dienone is 1. The molecule has 29 heavy (non-hydrogen) atoms. The summed E-state index contributed by atoms with van der Waals surface area (Å²) in [5.41, 5.74) is 3.31. The van der Waals surface area contributed by atoms with Gasteiger partial charge in [0.05, 0.1) is 38.3 Å². The third-order valence-corrected chi connectivity index (χ3v) is 5.66. The van der Waals surface area contributed by atoms with Gasteiger partial charge in [0.25, 0.3) is 0 Å². The lowest BCUT2D eigenvalue weighted by Gasteiger charge is -2.22. The van der Waals surface area contributed by atoms with Crippen LogP contribution in [-0.2, 0) is 11.2 Å². The summed E-state index contributed by atoms with van der Waals surface area (Å²) < 4.78 is 5.42. The van der Waals surface area contributed by atoms with Crippen molar-refractivity contribution in [3.63, 3.8) is 0 Å². The Balaban J connectivity index is 0.00000392. The molecule has 6 heteroatoms. The van der Waals surface area contributed by atoms with E-state index in [1.54, 1.807) is 4.90 Å². The van der Waals surface area contributed by atoms with E-state index < -0.39 is 0 Å². The zero-order valence-corrected chi connectivity index (χ0v) is 19.7. The average Bonchev–Trinajstić information content (AvgIpc) is 2.71. The van der Waals surface area contributed by atoms with Crippen molar-refractivity contribution in [3.05, 3.63) is 47.0 Å². The van der Waals surface area contributed by atoms with Crippen molar-refractivity contribution in [2.45, 2.75) is 46.5 Å².